The van der Waals surface area contributed by atoms with E-state index in [0.29, 0.717) is 22.0 Å². The molecule has 0 unspecified atom stereocenters. The highest BCUT2D eigenvalue weighted by Gasteiger charge is 2.07. The molecule has 0 fully saturated rings. The second kappa shape index (κ2) is 3.21. The minimum Gasteiger partial charge on any atom is -0.339 e. The van der Waals surface area contributed by atoms with Crippen LogP contribution in [0.3, 0.4) is 0 Å². The van der Waals surface area contributed by atoms with Crippen LogP contribution in [0.4, 0.5) is 0 Å². The fourth-order valence-electron chi connectivity index (χ4n) is 0.853. The zero-order valence-electron chi connectivity index (χ0n) is 6.73. The summed E-state index contributed by atoms with van der Waals surface area (Å²) < 4.78 is 5.46. The largest absolute Gasteiger partial charge is 0.339 e. The molecule has 0 saturated carbocycles. The van der Waals surface area contributed by atoms with E-state index in [0.717, 1.165) is 0 Å². The van der Waals surface area contributed by atoms with Gasteiger partial charge in [-0.25, -0.2) is 4.98 Å². The normalized spacial score (nSPS) is 10.3. The van der Waals surface area contributed by atoms with Crippen LogP contribution in [-0.4, -0.2) is 20.1 Å². The van der Waals surface area contributed by atoms with Crippen LogP contribution in [0.1, 0.15) is 5.89 Å². The minimum absolute atomic E-state index is 0.450. The van der Waals surface area contributed by atoms with Gasteiger partial charge >= 0.3 is 0 Å². The summed E-state index contributed by atoms with van der Waals surface area (Å²) in [4.78, 5) is 12.1. The predicted octanol–water partition coefficient (Wildman–Crippen LogP) is 1.60. The molecule has 0 aliphatic heterocycles. The fourth-order valence-corrected chi connectivity index (χ4v) is 1.16. The third-order valence-electron chi connectivity index (χ3n) is 1.36. The van der Waals surface area contributed by atoms with Crippen molar-refractivity contribution >= 4 is 15.9 Å². The molecule has 0 saturated heterocycles. The smallest absolute Gasteiger partial charge is 0.223 e. The molecule has 0 aromatic carbocycles. The summed E-state index contributed by atoms with van der Waals surface area (Å²) in [6.45, 7) is 1.72. The van der Waals surface area contributed by atoms with E-state index < -0.39 is 0 Å². The lowest BCUT2D eigenvalue weighted by Gasteiger charge is -1.91. The number of nitrogens with zero attached hydrogens (tertiary/aromatic N) is 4. The first kappa shape index (κ1) is 8.31. The summed E-state index contributed by atoms with van der Waals surface area (Å²) in [5, 5.41) is 3.72. The topological polar surface area (TPSA) is 64.7 Å². The Labute approximate surface area is 82.3 Å². The quantitative estimate of drug-likeness (QED) is 0.758. The zero-order chi connectivity index (χ0) is 9.26. The van der Waals surface area contributed by atoms with Crippen LogP contribution in [0.15, 0.2) is 21.5 Å². The van der Waals surface area contributed by atoms with Crippen LogP contribution < -0.4 is 0 Å². The fraction of sp³-hybridized carbons (Fsp3) is 0.143. The first-order chi connectivity index (χ1) is 6.25. The molecule has 66 valence electrons. The van der Waals surface area contributed by atoms with E-state index in [4.69, 9.17) is 4.52 Å². The van der Waals surface area contributed by atoms with Crippen LogP contribution >= 0.6 is 15.9 Å². The van der Waals surface area contributed by atoms with Gasteiger partial charge in [-0.3, -0.25) is 4.98 Å². The van der Waals surface area contributed by atoms with E-state index in [1.54, 1.807) is 19.3 Å². The van der Waals surface area contributed by atoms with Gasteiger partial charge in [0.15, 0.2) is 0 Å². The average Bonchev–Trinajstić information content (AvgIpc) is 2.52. The van der Waals surface area contributed by atoms with Gasteiger partial charge in [-0.05, 0) is 15.9 Å². The number of hydrogen-bond donors (Lipinski definition) is 0. The van der Waals surface area contributed by atoms with Gasteiger partial charge in [-0.1, -0.05) is 5.16 Å². The van der Waals surface area contributed by atoms with Gasteiger partial charge in [-0.15, -0.1) is 0 Å². The Morgan fingerprint density at radius 3 is 2.77 bits per heavy atom. The number of aryl methyl sites for hydroxylation is 1. The highest BCUT2D eigenvalue weighted by molar-refractivity contribution is 9.10. The molecule has 0 spiro atoms. The Bertz CT molecular complexity index is 428. The summed E-state index contributed by atoms with van der Waals surface area (Å²) in [5.41, 5.74) is 0.589. The molecule has 5 nitrogen and oxygen atoms in total. The Hall–Kier alpha value is -1.30. The molecule has 0 N–H and O–H groups in total. The van der Waals surface area contributed by atoms with Gasteiger partial charge in [-0.2, -0.15) is 4.98 Å². The van der Waals surface area contributed by atoms with Gasteiger partial charge in [0, 0.05) is 6.92 Å². The van der Waals surface area contributed by atoms with Crippen molar-refractivity contribution in [1.29, 1.82) is 0 Å². The van der Waals surface area contributed by atoms with Crippen LogP contribution in [0, 0.1) is 6.92 Å². The van der Waals surface area contributed by atoms with Crippen LogP contribution in [0.5, 0.6) is 0 Å². The SMILES string of the molecule is Cc1nc(-c2cncc(Br)n2)no1. The number of halogens is 1. The standard InChI is InChI=1S/C7H5BrN4O/c1-4-10-7(12-13-4)5-2-9-3-6(8)11-5/h2-3H,1H3. The van der Waals surface area contributed by atoms with Crippen molar-refractivity contribution in [2.24, 2.45) is 0 Å². The molecule has 2 rings (SSSR count). The van der Waals surface area contributed by atoms with Crippen LogP contribution in [0.25, 0.3) is 11.5 Å². The first-order valence-electron chi connectivity index (χ1n) is 3.54. The summed E-state index contributed by atoms with van der Waals surface area (Å²) in [5.74, 6) is 0.961. The van der Waals surface area contributed by atoms with E-state index in [9.17, 15) is 0 Å². The minimum atomic E-state index is 0.450. The van der Waals surface area contributed by atoms with E-state index in [2.05, 4.69) is 36.0 Å². The van der Waals surface area contributed by atoms with E-state index in [1.807, 2.05) is 0 Å². The van der Waals surface area contributed by atoms with Crippen molar-refractivity contribution in [3.63, 3.8) is 0 Å². The summed E-state index contributed by atoms with van der Waals surface area (Å²) in [7, 11) is 0. The zero-order valence-corrected chi connectivity index (χ0v) is 8.32. The maximum Gasteiger partial charge on any atom is 0.223 e. The molecule has 2 aromatic heterocycles. The van der Waals surface area contributed by atoms with Crippen molar-refractivity contribution in [2.45, 2.75) is 6.92 Å². The second-order valence-corrected chi connectivity index (χ2v) is 3.18. The average molecular weight is 241 g/mol. The van der Waals surface area contributed by atoms with Gasteiger partial charge in [0.1, 0.15) is 10.3 Å². The van der Waals surface area contributed by atoms with Gasteiger partial charge in [0.05, 0.1) is 12.4 Å². The molecular formula is C7H5BrN4O. The Morgan fingerprint density at radius 2 is 2.15 bits per heavy atom. The Balaban J connectivity index is 2.46. The molecule has 2 heterocycles. The number of aromatic nitrogens is 4. The third-order valence-corrected chi connectivity index (χ3v) is 1.74. The maximum absolute atomic E-state index is 4.81. The van der Waals surface area contributed by atoms with E-state index in [-0.39, 0.29) is 0 Å². The molecule has 0 radical (unpaired) electrons. The Morgan fingerprint density at radius 1 is 1.31 bits per heavy atom. The van der Waals surface area contributed by atoms with Gasteiger partial charge < -0.3 is 4.52 Å². The third kappa shape index (κ3) is 1.72. The molecule has 0 atom stereocenters. The van der Waals surface area contributed by atoms with Gasteiger partial charge in [0.2, 0.25) is 11.7 Å². The summed E-state index contributed by atoms with van der Waals surface area (Å²) in [6.07, 6.45) is 3.17. The predicted molar refractivity (Wildman–Crippen MR) is 47.8 cm³/mol. The lowest BCUT2D eigenvalue weighted by molar-refractivity contribution is 0.394. The van der Waals surface area contributed by atoms with Crippen molar-refractivity contribution < 1.29 is 4.52 Å². The highest BCUT2D eigenvalue weighted by atomic mass is 79.9. The molecule has 0 aliphatic rings. The Kier molecular flexibility index (Phi) is 2.05. The lowest BCUT2D eigenvalue weighted by Crippen LogP contribution is -1.87. The van der Waals surface area contributed by atoms with Crippen molar-refractivity contribution in [3.8, 4) is 11.5 Å². The number of rotatable bonds is 1. The molecule has 2 aromatic rings. The molecule has 0 bridgehead atoms. The van der Waals surface area contributed by atoms with Crippen molar-refractivity contribution in [1.82, 2.24) is 20.1 Å². The van der Waals surface area contributed by atoms with Crippen molar-refractivity contribution in [2.75, 3.05) is 0 Å². The maximum atomic E-state index is 4.81. The van der Waals surface area contributed by atoms with Crippen molar-refractivity contribution in [3.05, 3.63) is 22.9 Å². The molecule has 0 amide bonds. The number of hydrogen-bond acceptors (Lipinski definition) is 5. The van der Waals surface area contributed by atoms with E-state index in [1.165, 1.54) is 0 Å². The van der Waals surface area contributed by atoms with E-state index >= 15 is 0 Å². The summed E-state index contributed by atoms with van der Waals surface area (Å²) in [6, 6.07) is 0. The van der Waals surface area contributed by atoms with Crippen LogP contribution in [-0.2, 0) is 0 Å². The lowest BCUT2D eigenvalue weighted by atomic mass is 10.4. The second-order valence-electron chi connectivity index (χ2n) is 2.36. The highest BCUT2D eigenvalue weighted by Crippen LogP contribution is 2.13. The van der Waals surface area contributed by atoms with Gasteiger partial charge in [0.25, 0.3) is 0 Å². The first-order valence-corrected chi connectivity index (χ1v) is 4.33. The monoisotopic (exact) mass is 240 g/mol. The molecule has 0 aliphatic carbocycles. The van der Waals surface area contributed by atoms with Crippen LogP contribution in [0.2, 0.25) is 0 Å². The molecular weight excluding hydrogens is 236 g/mol. The molecule has 13 heavy (non-hydrogen) atoms. The molecule has 6 heteroatoms. The summed E-state index contributed by atoms with van der Waals surface area (Å²) >= 11 is 3.21.